The minimum absolute atomic E-state index is 0.00618. The summed E-state index contributed by atoms with van der Waals surface area (Å²) >= 11 is 0. The highest BCUT2D eigenvalue weighted by Gasteiger charge is 2.28. The molecule has 6 nitrogen and oxygen atoms in total. The van der Waals surface area contributed by atoms with Crippen molar-refractivity contribution in [2.45, 2.75) is 19.4 Å². The molecule has 1 aromatic carbocycles. The standard InChI is InChI=1S/C25H25N5O/c1-28(15-18-6-4-3-5-7-18)25(31)20-9-8-19(12-20)23-14-27-30-17-21(10-11-24(23)30)22-13-26-29(2)16-22/h3-8,10-11,13-14,16-17,20H,9,12,15H2,1-2H3. The number of aromatic nitrogens is 4. The topological polar surface area (TPSA) is 55.4 Å². The zero-order chi connectivity index (χ0) is 21.4. The number of benzene rings is 1. The van der Waals surface area contributed by atoms with Gasteiger partial charge in [0.05, 0.1) is 17.9 Å². The molecule has 5 rings (SSSR count). The Hall–Kier alpha value is -3.67. The van der Waals surface area contributed by atoms with Crippen molar-refractivity contribution in [2.24, 2.45) is 13.0 Å². The average Bonchev–Trinajstić information content (AvgIpc) is 3.52. The number of amides is 1. The molecule has 156 valence electrons. The first-order valence-electron chi connectivity index (χ1n) is 10.5. The first-order chi connectivity index (χ1) is 15.1. The molecule has 0 spiro atoms. The van der Waals surface area contributed by atoms with Gasteiger partial charge < -0.3 is 4.90 Å². The summed E-state index contributed by atoms with van der Waals surface area (Å²) in [5, 5.41) is 8.82. The SMILES string of the molecule is CN(Cc1ccccc1)C(=O)C1CC=C(c2cnn3cc(-c4cnn(C)c4)ccc23)C1. The van der Waals surface area contributed by atoms with Crippen molar-refractivity contribution in [3.63, 3.8) is 0 Å². The largest absolute Gasteiger partial charge is 0.341 e. The Balaban J connectivity index is 1.31. The van der Waals surface area contributed by atoms with Gasteiger partial charge in [0.15, 0.2) is 0 Å². The van der Waals surface area contributed by atoms with E-state index in [1.165, 1.54) is 5.57 Å². The van der Waals surface area contributed by atoms with Crippen LogP contribution in [-0.2, 0) is 18.4 Å². The minimum Gasteiger partial charge on any atom is -0.341 e. The van der Waals surface area contributed by atoms with E-state index in [4.69, 9.17) is 0 Å². The van der Waals surface area contributed by atoms with Gasteiger partial charge in [-0.3, -0.25) is 9.48 Å². The van der Waals surface area contributed by atoms with E-state index in [0.29, 0.717) is 6.54 Å². The molecule has 1 aliphatic rings. The normalized spacial score (nSPS) is 15.9. The zero-order valence-electron chi connectivity index (χ0n) is 17.8. The molecule has 3 aromatic heterocycles. The lowest BCUT2D eigenvalue weighted by Crippen LogP contribution is -2.31. The Labute approximate surface area is 181 Å². The maximum absolute atomic E-state index is 13.0. The van der Waals surface area contributed by atoms with E-state index in [2.05, 4.69) is 40.5 Å². The monoisotopic (exact) mass is 411 g/mol. The average molecular weight is 412 g/mol. The summed E-state index contributed by atoms with van der Waals surface area (Å²) in [6, 6.07) is 14.3. The number of nitrogens with zero attached hydrogens (tertiary/aromatic N) is 5. The molecule has 0 N–H and O–H groups in total. The Morgan fingerprint density at radius 3 is 2.68 bits per heavy atom. The lowest BCUT2D eigenvalue weighted by atomic mass is 10.00. The van der Waals surface area contributed by atoms with Gasteiger partial charge in [0.25, 0.3) is 0 Å². The summed E-state index contributed by atoms with van der Waals surface area (Å²) < 4.78 is 3.71. The third-order valence-corrected chi connectivity index (χ3v) is 6.00. The molecule has 0 saturated carbocycles. The highest BCUT2D eigenvalue weighted by molar-refractivity contribution is 5.87. The number of carbonyl (C=O) groups is 1. The quantitative estimate of drug-likeness (QED) is 0.495. The van der Waals surface area contributed by atoms with Crippen LogP contribution in [0, 0.1) is 5.92 Å². The van der Waals surface area contributed by atoms with Crippen molar-refractivity contribution >= 4 is 17.0 Å². The van der Waals surface area contributed by atoms with E-state index in [1.807, 2.05) is 66.5 Å². The van der Waals surface area contributed by atoms with Gasteiger partial charge in [0, 0.05) is 55.6 Å². The van der Waals surface area contributed by atoms with Crippen LogP contribution in [0.1, 0.15) is 24.0 Å². The van der Waals surface area contributed by atoms with Crippen molar-refractivity contribution in [2.75, 3.05) is 7.05 Å². The van der Waals surface area contributed by atoms with Gasteiger partial charge in [-0.15, -0.1) is 0 Å². The molecular formula is C25H25N5O. The maximum atomic E-state index is 13.0. The van der Waals surface area contributed by atoms with Crippen molar-refractivity contribution in [1.82, 2.24) is 24.3 Å². The minimum atomic E-state index is -0.00618. The van der Waals surface area contributed by atoms with Gasteiger partial charge in [-0.05, 0) is 30.0 Å². The Morgan fingerprint density at radius 1 is 1.06 bits per heavy atom. The highest BCUT2D eigenvalue weighted by Crippen LogP contribution is 2.35. The van der Waals surface area contributed by atoms with E-state index < -0.39 is 0 Å². The molecule has 0 aliphatic heterocycles. The molecule has 1 aliphatic carbocycles. The van der Waals surface area contributed by atoms with Crippen molar-refractivity contribution in [3.05, 3.63) is 84.5 Å². The molecule has 1 atom stereocenters. The maximum Gasteiger partial charge on any atom is 0.226 e. The molecule has 0 radical (unpaired) electrons. The number of hydrogen-bond donors (Lipinski definition) is 0. The molecular weight excluding hydrogens is 386 g/mol. The molecule has 0 saturated heterocycles. The van der Waals surface area contributed by atoms with Gasteiger partial charge in [0.1, 0.15) is 0 Å². The Kier molecular flexibility index (Phi) is 4.90. The fourth-order valence-corrected chi connectivity index (χ4v) is 4.34. The summed E-state index contributed by atoms with van der Waals surface area (Å²) in [6.07, 6.45) is 11.5. The first-order valence-corrected chi connectivity index (χ1v) is 10.5. The predicted octanol–water partition coefficient (Wildman–Crippen LogP) is 4.19. The fourth-order valence-electron chi connectivity index (χ4n) is 4.34. The van der Waals surface area contributed by atoms with Gasteiger partial charge in [-0.1, -0.05) is 42.5 Å². The third kappa shape index (κ3) is 3.77. The van der Waals surface area contributed by atoms with Crippen LogP contribution in [0.2, 0.25) is 0 Å². The van der Waals surface area contributed by atoms with E-state index in [9.17, 15) is 4.79 Å². The second-order valence-corrected chi connectivity index (χ2v) is 8.25. The molecule has 31 heavy (non-hydrogen) atoms. The molecule has 0 bridgehead atoms. The van der Waals surface area contributed by atoms with Crippen molar-refractivity contribution in [1.29, 1.82) is 0 Å². The Morgan fingerprint density at radius 2 is 1.90 bits per heavy atom. The number of allylic oxidation sites excluding steroid dienone is 2. The molecule has 1 unspecified atom stereocenters. The highest BCUT2D eigenvalue weighted by atomic mass is 16.2. The lowest BCUT2D eigenvalue weighted by Gasteiger charge is -2.21. The van der Waals surface area contributed by atoms with Crippen molar-refractivity contribution < 1.29 is 4.79 Å². The van der Waals surface area contributed by atoms with Gasteiger partial charge in [-0.25, -0.2) is 4.52 Å². The van der Waals surface area contributed by atoms with Gasteiger partial charge in [0.2, 0.25) is 5.91 Å². The van der Waals surface area contributed by atoms with Gasteiger partial charge in [-0.2, -0.15) is 10.2 Å². The Bertz CT molecular complexity index is 1270. The second kappa shape index (κ2) is 7.87. The first kappa shape index (κ1) is 19.3. The molecule has 0 fully saturated rings. The number of fused-ring (bicyclic) bond motifs is 1. The summed E-state index contributed by atoms with van der Waals surface area (Å²) in [6.45, 7) is 0.638. The van der Waals surface area contributed by atoms with Gasteiger partial charge >= 0.3 is 0 Å². The fraction of sp³-hybridized carbons (Fsp3) is 0.240. The summed E-state index contributed by atoms with van der Waals surface area (Å²) in [5.41, 5.74) is 6.66. The van der Waals surface area contributed by atoms with Crippen LogP contribution in [0.5, 0.6) is 0 Å². The smallest absolute Gasteiger partial charge is 0.226 e. The summed E-state index contributed by atoms with van der Waals surface area (Å²) in [5.74, 6) is 0.193. The van der Waals surface area contributed by atoms with E-state index in [0.717, 1.165) is 40.6 Å². The predicted molar refractivity (Wildman–Crippen MR) is 121 cm³/mol. The second-order valence-electron chi connectivity index (χ2n) is 8.25. The number of carbonyl (C=O) groups excluding carboxylic acids is 1. The van der Waals surface area contributed by atoms with E-state index in [-0.39, 0.29) is 11.8 Å². The summed E-state index contributed by atoms with van der Waals surface area (Å²) in [4.78, 5) is 14.8. The molecule has 3 heterocycles. The van der Waals surface area contributed by atoms with Crippen LogP contribution in [0.15, 0.2) is 73.3 Å². The molecule has 6 heteroatoms. The number of pyridine rings is 1. The lowest BCUT2D eigenvalue weighted by molar-refractivity contribution is -0.134. The van der Waals surface area contributed by atoms with Crippen LogP contribution >= 0.6 is 0 Å². The number of hydrogen-bond acceptors (Lipinski definition) is 3. The number of aryl methyl sites for hydroxylation is 1. The third-order valence-electron chi connectivity index (χ3n) is 6.00. The molecule has 1 amide bonds. The zero-order valence-corrected chi connectivity index (χ0v) is 17.8. The van der Waals surface area contributed by atoms with E-state index >= 15 is 0 Å². The van der Waals surface area contributed by atoms with E-state index in [1.54, 1.807) is 4.68 Å². The van der Waals surface area contributed by atoms with Crippen LogP contribution in [-0.4, -0.2) is 37.2 Å². The van der Waals surface area contributed by atoms with Crippen LogP contribution in [0.3, 0.4) is 0 Å². The van der Waals surface area contributed by atoms with Crippen LogP contribution < -0.4 is 0 Å². The summed E-state index contributed by atoms with van der Waals surface area (Å²) in [7, 11) is 3.80. The van der Waals surface area contributed by atoms with Crippen LogP contribution in [0.4, 0.5) is 0 Å². The number of rotatable bonds is 5. The molecule has 4 aromatic rings. The van der Waals surface area contributed by atoms with Crippen molar-refractivity contribution in [3.8, 4) is 11.1 Å². The van der Waals surface area contributed by atoms with Crippen LogP contribution in [0.25, 0.3) is 22.2 Å².